The minimum absolute atomic E-state index is 0.0743. The number of ether oxygens (including phenoxy) is 1. The van der Waals surface area contributed by atoms with Gasteiger partial charge in [-0.15, -0.1) is 0 Å². The predicted molar refractivity (Wildman–Crippen MR) is 81.5 cm³/mol. The van der Waals surface area contributed by atoms with Gasteiger partial charge in [-0.2, -0.15) is 0 Å². The van der Waals surface area contributed by atoms with Crippen molar-refractivity contribution in [3.63, 3.8) is 0 Å². The molecular formula is C16H25FN2O. The van der Waals surface area contributed by atoms with Crippen LogP contribution < -0.4 is 15.8 Å². The molecule has 1 aliphatic rings. The number of hydrogen-bond donors (Lipinski definition) is 2. The van der Waals surface area contributed by atoms with Gasteiger partial charge in [-0.25, -0.2) is 4.39 Å². The SMILES string of the molecule is CC(C)Oc1cc(NC2C(C)(C)C2(C)C)c(N)cc1F. The van der Waals surface area contributed by atoms with Crippen LogP contribution in [0, 0.1) is 16.6 Å². The minimum atomic E-state index is -0.420. The highest BCUT2D eigenvalue weighted by atomic mass is 19.1. The van der Waals surface area contributed by atoms with E-state index in [9.17, 15) is 4.39 Å². The molecule has 0 heterocycles. The summed E-state index contributed by atoms with van der Waals surface area (Å²) in [7, 11) is 0. The molecule has 1 fully saturated rings. The molecule has 1 aromatic carbocycles. The Morgan fingerprint density at radius 3 is 2.20 bits per heavy atom. The van der Waals surface area contributed by atoms with Crippen LogP contribution in [0.3, 0.4) is 0 Å². The zero-order chi connectivity index (χ0) is 15.3. The van der Waals surface area contributed by atoms with Gasteiger partial charge in [-0.1, -0.05) is 27.7 Å². The third kappa shape index (κ3) is 2.32. The number of rotatable bonds is 4. The highest BCUT2D eigenvalue weighted by Gasteiger charge is 2.65. The highest BCUT2D eigenvalue weighted by molar-refractivity contribution is 5.70. The van der Waals surface area contributed by atoms with Gasteiger partial charge in [-0.05, 0) is 24.7 Å². The molecule has 0 spiro atoms. The first-order valence-electron chi connectivity index (χ1n) is 7.09. The van der Waals surface area contributed by atoms with E-state index in [0.29, 0.717) is 11.7 Å². The van der Waals surface area contributed by atoms with Crippen LogP contribution in [-0.4, -0.2) is 12.1 Å². The van der Waals surface area contributed by atoms with Gasteiger partial charge in [0, 0.05) is 18.2 Å². The summed E-state index contributed by atoms with van der Waals surface area (Å²) in [6.07, 6.45) is -0.0743. The van der Waals surface area contributed by atoms with Crippen molar-refractivity contribution in [2.45, 2.75) is 53.7 Å². The monoisotopic (exact) mass is 280 g/mol. The van der Waals surface area contributed by atoms with Gasteiger partial charge in [0.25, 0.3) is 0 Å². The van der Waals surface area contributed by atoms with E-state index in [-0.39, 0.29) is 22.7 Å². The van der Waals surface area contributed by atoms with E-state index >= 15 is 0 Å². The van der Waals surface area contributed by atoms with Gasteiger partial charge in [0.15, 0.2) is 11.6 Å². The summed E-state index contributed by atoms with van der Waals surface area (Å²) in [5.74, 6) is -0.177. The van der Waals surface area contributed by atoms with Crippen LogP contribution in [0.2, 0.25) is 0 Å². The summed E-state index contributed by atoms with van der Waals surface area (Å²) < 4.78 is 19.3. The fraction of sp³-hybridized carbons (Fsp3) is 0.625. The van der Waals surface area contributed by atoms with Gasteiger partial charge in [0.2, 0.25) is 0 Å². The van der Waals surface area contributed by atoms with E-state index in [1.165, 1.54) is 6.07 Å². The number of hydrogen-bond acceptors (Lipinski definition) is 3. The number of nitrogen functional groups attached to an aromatic ring is 1. The average molecular weight is 280 g/mol. The standard InChI is InChI=1S/C16H25FN2O/c1-9(2)20-13-8-12(11(18)7-10(13)17)19-14-15(3,4)16(14,5)6/h7-9,14,19H,18H2,1-6H3. The van der Waals surface area contributed by atoms with Crippen molar-refractivity contribution >= 4 is 11.4 Å². The number of anilines is 2. The Balaban J connectivity index is 2.25. The van der Waals surface area contributed by atoms with Gasteiger partial charge < -0.3 is 15.8 Å². The third-order valence-electron chi connectivity index (χ3n) is 4.79. The predicted octanol–water partition coefficient (Wildman–Crippen LogP) is 4.04. The maximum absolute atomic E-state index is 13.8. The second-order valence-corrected chi connectivity index (χ2v) is 7.06. The normalized spacial score (nSPS) is 20.0. The molecule has 0 aliphatic heterocycles. The molecule has 4 heteroatoms. The topological polar surface area (TPSA) is 47.3 Å². The zero-order valence-electron chi connectivity index (χ0n) is 13.2. The fourth-order valence-electron chi connectivity index (χ4n) is 2.75. The van der Waals surface area contributed by atoms with Gasteiger partial charge in [0.05, 0.1) is 17.5 Å². The highest BCUT2D eigenvalue weighted by Crippen LogP contribution is 2.64. The molecule has 0 saturated heterocycles. The number of nitrogens with two attached hydrogens (primary N) is 1. The summed E-state index contributed by atoms with van der Waals surface area (Å²) in [6, 6.07) is 3.30. The molecule has 3 nitrogen and oxygen atoms in total. The molecule has 3 N–H and O–H groups in total. The molecule has 0 unspecified atom stereocenters. The molecular weight excluding hydrogens is 255 g/mol. The first-order valence-corrected chi connectivity index (χ1v) is 7.09. The second kappa shape index (κ2) is 4.54. The largest absolute Gasteiger partial charge is 0.488 e. The summed E-state index contributed by atoms with van der Waals surface area (Å²) in [5, 5.41) is 3.43. The third-order valence-corrected chi connectivity index (χ3v) is 4.79. The molecule has 2 rings (SSSR count). The second-order valence-electron chi connectivity index (χ2n) is 7.06. The Kier molecular flexibility index (Phi) is 3.39. The van der Waals surface area contributed by atoms with Crippen LogP contribution >= 0.6 is 0 Å². The molecule has 1 saturated carbocycles. The Bertz CT molecular complexity index is 509. The molecule has 0 aromatic heterocycles. The van der Waals surface area contributed by atoms with E-state index in [4.69, 9.17) is 10.5 Å². The Morgan fingerprint density at radius 1 is 1.20 bits per heavy atom. The van der Waals surface area contributed by atoms with Crippen LogP contribution in [0.1, 0.15) is 41.5 Å². The Morgan fingerprint density at radius 2 is 1.75 bits per heavy atom. The smallest absolute Gasteiger partial charge is 0.167 e. The zero-order valence-corrected chi connectivity index (χ0v) is 13.2. The van der Waals surface area contributed by atoms with Crippen LogP contribution in [-0.2, 0) is 0 Å². The van der Waals surface area contributed by atoms with Crippen molar-refractivity contribution in [3.05, 3.63) is 17.9 Å². The fourth-order valence-corrected chi connectivity index (χ4v) is 2.75. The van der Waals surface area contributed by atoms with Crippen molar-refractivity contribution in [1.82, 2.24) is 0 Å². The summed E-state index contributed by atoms with van der Waals surface area (Å²) in [4.78, 5) is 0. The number of benzene rings is 1. The van der Waals surface area contributed by atoms with E-state index in [1.807, 2.05) is 13.8 Å². The van der Waals surface area contributed by atoms with Crippen LogP contribution in [0.15, 0.2) is 12.1 Å². The minimum Gasteiger partial charge on any atom is -0.488 e. The van der Waals surface area contributed by atoms with E-state index < -0.39 is 5.82 Å². The van der Waals surface area contributed by atoms with Crippen molar-refractivity contribution < 1.29 is 9.13 Å². The van der Waals surface area contributed by atoms with E-state index in [0.717, 1.165) is 5.69 Å². The molecule has 1 aliphatic carbocycles. The van der Waals surface area contributed by atoms with Gasteiger partial charge >= 0.3 is 0 Å². The van der Waals surface area contributed by atoms with Gasteiger partial charge in [0.1, 0.15) is 0 Å². The molecule has 0 amide bonds. The number of nitrogens with one attached hydrogen (secondary N) is 1. The lowest BCUT2D eigenvalue weighted by Crippen LogP contribution is -2.13. The van der Waals surface area contributed by atoms with Gasteiger partial charge in [-0.3, -0.25) is 0 Å². The maximum atomic E-state index is 13.8. The Labute approximate surface area is 120 Å². The van der Waals surface area contributed by atoms with Crippen molar-refractivity contribution in [3.8, 4) is 5.75 Å². The van der Waals surface area contributed by atoms with Crippen LogP contribution in [0.4, 0.5) is 15.8 Å². The quantitative estimate of drug-likeness (QED) is 0.818. The molecule has 20 heavy (non-hydrogen) atoms. The first kappa shape index (κ1) is 14.9. The van der Waals surface area contributed by atoms with Crippen molar-refractivity contribution in [2.24, 2.45) is 10.8 Å². The Hall–Kier alpha value is -1.45. The molecule has 0 atom stereocenters. The molecule has 0 radical (unpaired) electrons. The molecule has 112 valence electrons. The first-order chi connectivity index (χ1) is 9.07. The van der Waals surface area contributed by atoms with E-state index in [1.54, 1.807) is 6.07 Å². The maximum Gasteiger partial charge on any atom is 0.167 e. The van der Waals surface area contributed by atoms with Crippen LogP contribution in [0.5, 0.6) is 5.75 Å². The summed E-state index contributed by atoms with van der Waals surface area (Å²) in [6.45, 7) is 12.6. The average Bonchev–Trinajstić information content (AvgIpc) is 2.66. The van der Waals surface area contributed by atoms with Crippen LogP contribution in [0.25, 0.3) is 0 Å². The van der Waals surface area contributed by atoms with Crippen molar-refractivity contribution in [2.75, 3.05) is 11.1 Å². The summed E-state index contributed by atoms with van der Waals surface area (Å²) >= 11 is 0. The number of halogens is 1. The van der Waals surface area contributed by atoms with Crippen molar-refractivity contribution in [1.29, 1.82) is 0 Å². The van der Waals surface area contributed by atoms with E-state index in [2.05, 4.69) is 33.0 Å². The lowest BCUT2D eigenvalue weighted by atomic mass is 10.0. The summed E-state index contributed by atoms with van der Waals surface area (Å²) in [5.41, 5.74) is 7.45. The lowest BCUT2D eigenvalue weighted by Gasteiger charge is -2.16. The molecule has 0 bridgehead atoms. The molecule has 1 aromatic rings. The lowest BCUT2D eigenvalue weighted by molar-refractivity contribution is 0.231.